The maximum Gasteiger partial charge on any atom is 0.233 e. The van der Waals surface area contributed by atoms with Gasteiger partial charge in [0.05, 0.1) is 5.75 Å². The van der Waals surface area contributed by atoms with Crippen molar-refractivity contribution in [3.05, 3.63) is 16.5 Å². The first-order chi connectivity index (χ1) is 7.78. The molecule has 17 heavy (non-hydrogen) atoms. The van der Waals surface area contributed by atoms with Gasteiger partial charge < -0.3 is 0 Å². The van der Waals surface area contributed by atoms with Crippen molar-refractivity contribution in [2.24, 2.45) is 5.92 Å². The van der Waals surface area contributed by atoms with Crippen molar-refractivity contribution in [1.82, 2.24) is 9.97 Å². The van der Waals surface area contributed by atoms with Crippen LogP contribution in [-0.4, -0.2) is 24.1 Å². The molecule has 0 saturated carbocycles. The molecular weight excluding hydrogens is 285 g/mol. The normalized spacial score (nSPS) is 11.8. The summed E-state index contributed by atoms with van der Waals surface area (Å²) in [5.74, 6) is 0.423. The molecule has 0 aliphatic rings. The number of halogens is 2. The molecule has 0 radical (unpaired) electrons. The largest absolute Gasteiger partial charge is 0.267 e. The smallest absolute Gasteiger partial charge is 0.233 e. The van der Waals surface area contributed by atoms with E-state index in [1.165, 1.54) is 6.07 Å². The average Bonchev–Trinajstić information content (AvgIpc) is 2.12. The highest BCUT2D eigenvalue weighted by molar-refractivity contribution is 7.92. The van der Waals surface area contributed by atoms with Crippen molar-refractivity contribution in [2.75, 3.05) is 10.5 Å². The fourth-order valence-corrected chi connectivity index (χ4v) is 2.76. The van der Waals surface area contributed by atoms with Crippen molar-refractivity contribution >= 4 is 39.0 Å². The van der Waals surface area contributed by atoms with E-state index < -0.39 is 10.0 Å². The minimum atomic E-state index is -3.42. The van der Waals surface area contributed by atoms with Crippen LogP contribution in [0.15, 0.2) is 6.07 Å². The van der Waals surface area contributed by atoms with Gasteiger partial charge in [0, 0.05) is 6.07 Å². The Hall–Kier alpha value is -0.590. The summed E-state index contributed by atoms with van der Waals surface area (Å²) in [6.45, 7) is 3.90. The van der Waals surface area contributed by atoms with Gasteiger partial charge in [0.2, 0.25) is 15.3 Å². The molecule has 1 rings (SSSR count). The lowest BCUT2D eigenvalue weighted by atomic mass is 10.2. The Labute approximate surface area is 111 Å². The third-order valence-electron chi connectivity index (χ3n) is 1.89. The van der Waals surface area contributed by atoms with Gasteiger partial charge in [0.25, 0.3) is 0 Å². The van der Waals surface area contributed by atoms with Crippen LogP contribution in [0.4, 0.5) is 5.82 Å². The fourth-order valence-electron chi connectivity index (χ4n) is 1.04. The van der Waals surface area contributed by atoms with Crippen LogP contribution in [0, 0.1) is 5.92 Å². The highest BCUT2D eigenvalue weighted by Gasteiger charge is 2.13. The summed E-state index contributed by atoms with van der Waals surface area (Å²) in [5.41, 5.74) is 0. The second kappa shape index (κ2) is 5.84. The molecule has 0 spiro atoms. The summed E-state index contributed by atoms with van der Waals surface area (Å²) < 4.78 is 25.6. The van der Waals surface area contributed by atoms with E-state index in [0.717, 1.165) is 0 Å². The number of nitrogens with one attached hydrogen (secondary N) is 1. The van der Waals surface area contributed by atoms with Crippen molar-refractivity contribution in [3.8, 4) is 0 Å². The number of hydrogen-bond acceptors (Lipinski definition) is 4. The van der Waals surface area contributed by atoms with Crippen LogP contribution in [-0.2, 0) is 10.0 Å². The van der Waals surface area contributed by atoms with Crippen molar-refractivity contribution in [3.63, 3.8) is 0 Å². The number of anilines is 1. The van der Waals surface area contributed by atoms with Gasteiger partial charge in [0.15, 0.2) is 0 Å². The van der Waals surface area contributed by atoms with Crippen LogP contribution in [0.2, 0.25) is 10.4 Å². The number of sulfonamides is 1. The standard InChI is InChI=1S/C9H13Cl2N3O2S/c1-6(2)3-4-17(15,16)14-8-5-7(10)12-9(11)13-8/h5-6H,3-4H2,1-2H3,(H,12,13,14). The average molecular weight is 298 g/mol. The first-order valence-corrected chi connectivity index (χ1v) is 7.40. The predicted molar refractivity (Wildman–Crippen MR) is 68.9 cm³/mol. The van der Waals surface area contributed by atoms with E-state index >= 15 is 0 Å². The molecular formula is C9H13Cl2N3O2S. The zero-order chi connectivity index (χ0) is 13.1. The molecule has 1 heterocycles. The van der Waals surface area contributed by atoms with E-state index in [0.29, 0.717) is 12.3 Å². The molecule has 1 aromatic rings. The van der Waals surface area contributed by atoms with E-state index in [-0.39, 0.29) is 22.0 Å². The molecule has 96 valence electrons. The van der Waals surface area contributed by atoms with Gasteiger partial charge in [-0.1, -0.05) is 25.4 Å². The lowest BCUT2D eigenvalue weighted by molar-refractivity contribution is 0.578. The van der Waals surface area contributed by atoms with Gasteiger partial charge in [-0.25, -0.2) is 13.4 Å². The second-order valence-electron chi connectivity index (χ2n) is 3.95. The molecule has 0 unspecified atom stereocenters. The van der Waals surface area contributed by atoms with Crippen LogP contribution in [0.25, 0.3) is 0 Å². The van der Waals surface area contributed by atoms with E-state index in [4.69, 9.17) is 23.2 Å². The lowest BCUT2D eigenvalue weighted by Gasteiger charge is -2.08. The zero-order valence-electron chi connectivity index (χ0n) is 9.44. The van der Waals surface area contributed by atoms with Crippen LogP contribution in [0.5, 0.6) is 0 Å². The Balaban J connectivity index is 2.76. The molecule has 0 aliphatic carbocycles. The van der Waals surface area contributed by atoms with Crippen LogP contribution in [0.3, 0.4) is 0 Å². The summed E-state index contributed by atoms with van der Waals surface area (Å²) in [5, 5.41) is -0.00869. The van der Waals surface area contributed by atoms with Crippen LogP contribution in [0.1, 0.15) is 20.3 Å². The molecule has 0 saturated heterocycles. The predicted octanol–water partition coefficient (Wildman–Crippen LogP) is 2.57. The van der Waals surface area contributed by atoms with Crippen LogP contribution >= 0.6 is 23.2 Å². The molecule has 0 bridgehead atoms. The van der Waals surface area contributed by atoms with E-state index in [9.17, 15) is 8.42 Å². The van der Waals surface area contributed by atoms with Crippen molar-refractivity contribution in [2.45, 2.75) is 20.3 Å². The molecule has 0 atom stereocenters. The summed E-state index contributed by atoms with van der Waals surface area (Å²) in [6, 6.07) is 1.31. The SMILES string of the molecule is CC(C)CCS(=O)(=O)Nc1cc(Cl)nc(Cl)n1. The molecule has 1 aromatic heterocycles. The summed E-state index contributed by atoms with van der Waals surface area (Å²) in [6.07, 6.45) is 0.571. The minimum Gasteiger partial charge on any atom is -0.267 e. The zero-order valence-corrected chi connectivity index (χ0v) is 11.8. The molecule has 5 nitrogen and oxygen atoms in total. The summed E-state index contributed by atoms with van der Waals surface area (Å²) in [7, 11) is -3.42. The number of hydrogen-bond donors (Lipinski definition) is 1. The Kier molecular flexibility index (Phi) is 4.97. The van der Waals surface area contributed by atoms with Gasteiger partial charge in [-0.2, -0.15) is 4.98 Å². The number of rotatable bonds is 5. The first-order valence-electron chi connectivity index (χ1n) is 4.99. The van der Waals surface area contributed by atoms with E-state index in [2.05, 4.69) is 14.7 Å². The van der Waals surface area contributed by atoms with E-state index in [1.807, 2.05) is 13.8 Å². The molecule has 0 fully saturated rings. The quantitative estimate of drug-likeness (QED) is 0.670. The van der Waals surface area contributed by atoms with Crippen LogP contribution < -0.4 is 4.72 Å². The molecule has 0 amide bonds. The first kappa shape index (κ1) is 14.5. The van der Waals surface area contributed by atoms with Gasteiger partial charge in [0.1, 0.15) is 11.0 Å². The second-order valence-corrected chi connectivity index (χ2v) is 6.52. The van der Waals surface area contributed by atoms with E-state index in [1.54, 1.807) is 0 Å². The highest BCUT2D eigenvalue weighted by atomic mass is 35.5. The fraction of sp³-hybridized carbons (Fsp3) is 0.556. The minimum absolute atomic E-state index is 0.0317. The molecule has 0 aliphatic heterocycles. The van der Waals surface area contributed by atoms with Crippen molar-refractivity contribution < 1.29 is 8.42 Å². The Morgan fingerprint density at radius 3 is 2.53 bits per heavy atom. The molecule has 8 heteroatoms. The Morgan fingerprint density at radius 1 is 1.35 bits per heavy atom. The monoisotopic (exact) mass is 297 g/mol. The van der Waals surface area contributed by atoms with Crippen molar-refractivity contribution in [1.29, 1.82) is 0 Å². The maximum absolute atomic E-state index is 11.7. The lowest BCUT2D eigenvalue weighted by Crippen LogP contribution is -2.18. The molecule has 1 N–H and O–H groups in total. The molecule has 0 aromatic carbocycles. The van der Waals surface area contributed by atoms with Gasteiger partial charge in [-0.15, -0.1) is 0 Å². The third-order valence-corrected chi connectivity index (χ3v) is 3.55. The number of aromatic nitrogens is 2. The number of nitrogens with zero attached hydrogens (tertiary/aromatic N) is 2. The third kappa shape index (κ3) is 5.52. The topological polar surface area (TPSA) is 72.0 Å². The summed E-state index contributed by atoms with van der Waals surface area (Å²) >= 11 is 11.2. The van der Waals surface area contributed by atoms with Gasteiger partial charge in [-0.3, -0.25) is 4.72 Å². The highest BCUT2D eigenvalue weighted by Crippen LogP contribution is 2.16. The Morgan fingerprint density at radius 2 is 2.00 bits per heavy atom. The Bertz CT molecular complexity index is 471. The summed E-state index contributed by atoms with van der Waals surface area (Å²) in [4.78, 5) is 7.35. The van der Waals surface area contributed by atoms with Gasteiger partial charge >= 0.3 is 0 Å². The van der Waals surface area contributed by atoms with Gasteiger partial charge in [-0.05, 0) is 23.9 Å². The maximum atomic E-state index is 11.7.